The van der Waals surface area contributed by atoms with Crippen molar-refractivity contribution in [3.8, 4) is 0 Å². The van der Waals surface area contributed by atoms with Crippen molar-refractivity contribution in [2.24, 2.45) is 0 Å². The maximum Gasteiger partial charge on any atom is 0.272 e. The van der Waals surface area contributed by atoms with E-state index < -0.39 is 0 Å². The van der Waals surface area contributed by atoms with Crippen molar-refractivity contribution in [3.63, 3.8) is 0 Å². The number of rotatable bonds is 4. The molecule has 0 aliphatic carbocycles. The minimum atomic E-state index is -0.0178. The van der Waals surface area contributed by atoms with Crippen LogP contribution in [0, 0.1) is 0 Å². The van der Waals surface area contributed by atoms with Crippen LogP contribution >= 0.6 is 0 Å². The maximum absolute atomic E-state index is 12.3. The average molecular weight is 283 g/mol. The number of anilines is 1. The molecule has 1 amide bonds. The summed E-state index contributed by atoms with van der Waals surface area (Å²) in [5.41, 5.74) is 1.36. The molecule has 3 heterocycles. The van der Waals surface area contributed by atoms with Crippen molar-refractivity contribution in [1.29, 1.82) is 0 Å². The number of hydrogen-bond donors (Lipinski definition) is 1. The van der Waals surface area contributed by atoms with Crippen LogP contribution in [0.25, 0.3) is 0 Å². The molecule has 0 aromatic carbocycles. The van der Waals surface area contributed by atoms with Gasteiger partial charge in [0.25, 0.3) is 5.91 Å². The SMILES string of the molecule is O=C(c1cc(NCc2ccccn2)ncn1)N1CCCC1. The molecule has 0 atom stereocenters. The molecule has 0 radical (unpaired) electrons. The zero-order valence-corrected chi connectivity index (χ0v) is 11.7. The predicted octanol–water partition coefficient (Wildman–Crippen LogP) is 1.72. The molecular formula is C15H17N5O. The van der Waals surface area contributed by atoms with Gasteiger partial charge < -0.3 is 10.2 Å². The number of nitrogens with zero attached hydrogens (tertiary/aromatic N) is 4. The summed E-state index contributed by atoms with van der Waals surface area (Å²) in [6, 6.07) is 7.45. The van der Waals surface area contributed by atoms with Crippen molar-refractivity contribution in [2.75, 3.05) is 18.4 Å². The van der Waals surface area contributed by atoms with Crippen LogP contribution in [-0.4, -0.2) is 38.8 Å². The van der Waals surface area contributed by atoms with E-state index in [1.54, 1.807) is 12.3 Å². The highest BCUT2D eigenvalue weighted by Crippen LogP contribution is 2.13. The number of carbonyl (C=O) groups excluding carboxylic acids is 1. The lowest BCUT2D eigenvalue weighted by atomic mass is 10.3. The summed E-state index contributed by atoms with van der Waals surface area (Å²) in [6.07, 6.45) is 5.31. The van der Waals surface area contributed by atoms with Crippen molar-refractivity contribution >= 4 is 11.7 Å². The van der Waals surface area contributed by atoms with Gasteiger partial charge in [-0.2, -0.15) is 0 Å². The van der Waals surface area contributed by atoms with Crippen LogP contribution in [0.3, 0.4) is 0 Å². The zero-order valence-electron chi connectivity index (χ0n) is 11.7. The van der Waals surface area contributed by atoms with Crippen LogP contribution in [0.2, 0.25) is 0 Å². The Bertz CT molecular complexity index is 610. The number of likely N-dealkylation sites (tertiary alicyclic amines) is 1. The highest BCUT2D eigenvalue weighted by Gasteiger charge is 2.20. The van der Waals surface area contributed by atoms with E-state index in [2.05, 4.69) is 20.3 Å². The van der Waals surface area contributed by atoms with Gasteiger partial charge in [-0.25, -0.2) is 9.97 Å². The third-order valence-corrected chi connectivity index (χ3v) is 3.46. The van der Waals surface area contributed by atoms with E-state index in [9.17, 15) is 4.79 Å². The summed E-state index contributed by atoms with van der Waals surface area (Å²) in [7, 11) is 0. The zero-order chi connectivity index (χ0) is 14.5. The maximum atomic E-state index is 12.3. The molecule has 3 rings (SSSR count). The normalized spacial score (nSPS) is 14.2. The van der Waals surface area contributed by atoms with Crippen molar-refractivity contribution in [1.82, 2.24) is 19.9 Å². The Morgan fingerprint density at radius 2 is 2.05 bits per heavy atom. The number of carbonyl (C=O) groups is 1. The minimum absolute atomic E-state index is 0.0178. The Hall–Kier alpha value is -2.50. The molecule has 6 heteroatoms. The van der Waals surface area contributed by atoms with Gasteiger partial charge in [-0.3, -0.25) is 9.78 Å². The van der Waals surface area contributed by atoms with Crippen LogP contribution in [0.1, 0.15) is 29.0 Å². The number of aromatic nitrogens is 3. The Labute approximate surface area is 123 Å². The van der Waals surface area contributed by atoms with Gasteiger partial charge in [0.05, 0.1) is 12.2 Å². The van der Waals surface area contributed by atoms with Crippen LogP contribution < -0.4 is 5.32 Å². The molecule has 0 spiro atoms. The number of nitrogens with one attached hydrogen (secondary N) is 1. The van der Waals surface area contributed by atoms with Crippen LogP contribution in [0.4, 0.5) is 5.82 Å². The molecule has 1 N–H and O–H groups in total. The molecule has 1 saturated heterocycles. The second kappa shape index (κ2) is 6.30. The second-order valence-corrected chi connectivity index (χ2v) is 4.96. The number of amides is 1. The predicted molar refractivity (Wildman–Crippen MR) is 78.7 cm³/mol. The van der Waals surface area contributed by atoms with E-state index in [1.807, 2.05) is 23.1 Å². The van der Waals surface area contributed by atoms with Gasteiger partial charge in [-0.15, -0.1) is 0 Å². The molecule has 2 aromatic heterocycles. The highest BCUT2D eigenvalue weighted by atomic mass is 16.2. The van der Waals surface area contributed by atoms with Crippen LogP contribution in [0.15, 0.2) is 36.8 Å². The number of pyridine rings is 1. The molecule has 21 heavy (non-hydrogen) atoms. The van der Waals surface area contributed by atoms with E-state index in [1.165, 1.54) is 6.33 Å². The molecule has 6 nitrogen and oxygen atoms in total. The van der Waals surface area contributed by atoms with Crippen molar-refractivity contribution in [3.05, 3.63) is 48.2 Å². The number of hydrogen-bond acceptors (Lipinski definition) is 5. The lowest BCUT2D eigenvalue weighted by Crippen LogP contribution is -2.28. The van der Waals surface area contributed by atoms with E-state index >= 15 is 0 Å². The quantitative estimate of drug-likeness (QED) is 0.925. The molecule has 2 aromatic rings. The van der Waals surface area contributed by atoms with Gasteiger partial charge in [-0.05, 0) is 25.0 Å². The smallest absolute Gasteiger partial charge is 0.272 e. The highest BCUT2D eigenvalue weighted by molar-refractivity contribution is 5.93. The molecule has 1 fully saturated rings. The Morgan fingerprint density at radius 1 is 1.19 bits per heavy atom. The lowest BCUT2D eigenvalue weighted by molar-refractivity contribution is 0.0787. The van der Waals surface area contributed by atoms with E-state index in [0.29, 0.717) is 18.1 Å². The average Bonchev–Trinajstić information content (AvgIpc) is 3.08. The van der Waals surface area contributed by atoms with Gasteiger partial charge >= 0.3 is 0 Å². The van der Waals surface area contributed by atoms with Gasteiger partial charge in [0, 0.05) is 25.4 Å². The summed E-state index contributed by atoms with van der Waals surface area (Å²) >= 11 is 0. The summed E-state index contributed by atoms with van der Waals surface area (Å²) in [5.74, 6) is 0.619. The van der Waals surface area contributed by atoms with E-state index in [0.717, 1.165) is 31.6 Å². The summed E-state index contributed by atoms with van der Waals surface area (Å²) < 4.78 is 0. The summed E-state index contributed by atoms with van der Waals surface area (Å²) in [4.78, 5) is 26.6. The van der Waals surface area contributed by atoms with Gasteiger partial charge in [-0.1, -0.05) is 6.07 Å². The van der Waals surface area contributed by atoms with Crippen molar-refractivity contribution < 1.29 is 4.79 Å². The Balaban J connectivity index is 1.66. The lowest BCUT2D eigenvalue weighted by Gasteiger charge is -2.14. The van der Waals surface area contributed by atoms with Crippen LogP contribution in [0.5, 0.6) is 0 Å². The third-order valence-electron chi connectivity index (χ3n) is 3.46. The largest absolute Gasteiger partial charge is 0.364 e. The molecule has 0 unspecified atom stereocenters. The van der Waals surface area contributed by atoms with E-state index in [-0.39, 0.29) is 5.91 Å². The van der Waals surface area contributed by atoms with Gasteiger partial charge in [0.15, 0.2) is 0 Å². The summed E-state index contributed by atoms with van der Waals surface area (Å²) in [5, 5.41) is 3.16. The van der Waals surface area contributed by atoms with E-state index in [4.69, 9.17) is 0 Å². The first kappa shape index (κ1) is 13.5. The third kappa shape index (κ3) is 3.34. The first-order chi connectivity index (χ1) is 10.3. The van der Waals surface area contributed by atoms with Crippen molar-refractivity contribution in [2.45, 2.75) is 19.4 Å². The fourth-order valence-corrected chi connectivity index (χ4v) is 2.34. The Kier molecular flexibility index (Phi) is 4.04. The first-order valence-corrected chi connectivity index (χ1v) is 7.08. The fraction of sp³-hybridized carbons (Fsp3) is 0.333. The second-order valence-electron chi connectivity index (χ2n) is 4.96. The van der Waals surface area contributed by atoms with Gasteiger partial charge in [0.1, 0.15) is 17.8 Å². The van der Waals surface area contributed by atoms with Crippen LogP contribution in [-0.2, 0) is 6.54 Å². The monoisotopic (exact) mass is 283 g/mol. The molecule has 108 valence electrons. The fourth-order valence-electron chi connectivity index (χ4n) is 2.34. The summed E-state index contributed by atoms with van der Waals surface area (Å²) in [6.45, 7) is 2.20. The topological polar surface area (TPSA) is 71.0 Å². The Morgan fingerprint density at radius 3 is 2.81 bits per heavy atom. The molecule has 1 aliphatic rings. The minimum Gasteiger partial charge on any atom is -0.364 e. The van der Waals surface area contributed by atoms with Gasteiger partial charge in [0.2, 0.25) is 0 Å². The molecule has 1 aliphatic heterocycles. The first-order valence-electron chi connectivity index (χ1n) is 7.08. The standard InChI is InChI=1S/C15H17N5O/c21-15(20-7-3-4-8-20)13-9-14(19-11-18-13)17-10-12-5-1-2-6-16-12/h1-2,5-6,9,11H,3-4,7-8,10H2,(H,17,18,19). The molecule has 0 saturated carbocycles. The molecular weight excluding hydrogens is 266 g/mol. The molecule has 0 bridgehead atoms.